The molecular weight excluding hydrogens is 502 g/mol. The molecule has 0 aromatic heterocycles. The molecule has 0 fully saturated rings. The minimum Gasteiger partial charge on any atom is -0.497 e. The monoisotopic (exact) mass is 527 g/mol. The topological polar surface area (TPSA) is 145 Å². The Kier molecular flexibility index (Phi) is 8.45. The molecule has 0 aliphatic rings. The van der Waals surface area contributed by atoms with E-state index in [-0.39, 0.29) is 34.1 Å². The molecule has 0 saturated carbocycles. The van der Waals surface area contributed by atoms with Crippen molar-refractivity contribution in [1.29, 1.82) is 0 Å². The normalized spacial score (nSPS) is 10.9. The fourth-order valence-corrected chi connectivity index (χ4v) is 4.85. The van der Waals surface area contributed by atoms with Crippen molar-refractivity contribution in [2.75, 3.05) is 29.9 Å². The van der Waals surface area contributed by atoms with Crippen molar-refractivity contribution in [3.05, 3.63) is 88.0 Å². The largest absolute Gasteiger partial charge is 0.497 e. The SMILES string of the molecule is CCOC(=O)c1cccc(NC(=O)CN(c2ccc(OC)cc2)S(=O)(=O)c2ccc(C)c([N+](=O)[O-])c2)c1. The number of nitrogens with one attached hydrogen (secondary N) is 1. The maximum Gasteiger partial charge on any atom is 0.338 e. The average Bonchev–Trinajstić information content (AvgIpc) is 2.87. The molecule has 0 bridgehead atoms. The number of nitro benzene ring substituents is 1. The number of hydrogen-bond acceptors (Lipinski definition) is 8. The zero-order valence-corrected chi connectivity index (χ0v) is 21.2. The summed E-state index contributed by atoms with van der Waals surface area (Å²) in [6, 6.07) is 15.5. The van der Waals surface area contributed by atoms with Crippen LogP contribution in [-0.4, -0.2) is 45.5 Å². The van der Waals surface area contributed by atoms with Gasteiger partial charge in [-0.25, -0.2) is 13.2 Å². The van der Waals surface area contributed by atoms with Crippen LogP contribution in [0.3, 0.4) is 0 Å². The lowest BCUT2D eigenvalue weighted by Crippen LogP contribution is -2.38. The van der Waals surface area contributed by atoms with Gasteiger partial charge in [-0.2, -0.15) is 0 Å². The second kappa shape index (κ2) is 11.5. The van der Waals surface area contributed by atoms with Crippen LogP contribution >= 0.6 is 0 Å². The zero-order valence-electron chi connectivity index (χ0n) is 20.3. The maximum absolute atomic E-state index is 13.6. The predicted molar refractivity (Wildman–Crippen MR) is 136 cm³/mol. The van der Waals surface area contributed by atoms with Crippen LogP contribution in [0.5, 0.6) is 5.75 Å². The molecule has 0 spiro atoms. The Bertz CT molecular complexity index is 1420. The molecule has 1 amide bonds. The molecular formula is C25H25N3O8S. The molecule has 0 atom stereocenters. The van der Waals surface area contributed by atoms with Crippen molar-refractivity contribution in [1.82, 2.24) is 0 Å². The van der Waals surface area contributed by atoms with Gasteiger partial charge in [-0.05, 0) is 62.4 Å². The van der Waals surface area contributed by atoms with E-state index in [9.17, 15) is 28.1 Å². The predicted octanol–water partition coefficient (Wildman–Crippen LogP) is 3.92. The molecule has 37 heavy (non-hydrogen) atoms. The van der Waals surface area contributed by atoms with Crippen LogP contribution in [0.25, 0.3) is 0 Å². The Balaban J connectivity index is 1.96. The molecule has 194 valence electrons. The number of anilines is 2. The van der Waals surface area contributed by atoms with Gasteiger partial charge in [0.1, 0.15) is 12.3 Å². The van der Waals surface area contributed by atoms with Gasteiger partial charge >= 0.3 is 5.97 Å². The summed E-state index contributed by atoms with van der Waals surface area (Å²) in [5.41, 5.74) is 0.537. The third-order valence-electron chi connectivity index (χ3n) is 5.27. The van der Waals surface area contributed by atoms with E-state index in [4.69, 9.17) is 9.47 Å². The van der Waals surface area contributed by atoms with Crippen molar-refractivity contribution >= 4 is 39.0 Å². The number of methoxy groups -OCH3 is 1. The first-order valence-electron chi connectivity index (χ1n) is 11.1. The van der Waals surface area contributed by atoms with E-state index < -0.39 is 33.4 Å². The summed E-state index contributed by atoms with van der Waals surface area (Å²) in [4.78, 5) is 35.3. The molecule has 3 aromatic carbocycles. The highest BCUT2D eigenvalue weighted by Gasteiger charge is 2.29. The lowest BCUT2D eigenvalue weighted by Gasteiger charge is -2.24. The summed E-state index contributed by atoms with van der Waals surface area (Å²) >= 11 is 0. The highest BCUT2D eigenvalue weighted by molar-refractivity contribution is 7.92. The molecule has 3 aromatic rings. The van der Waals surface area contributed by atoms with Crippen LogP contribution in [0.15, 0.2) is 71.6 Å². The molecule has 0 radical (unpaired) electrons. The first kappa shape index (κ1) is 27.1. The smallest absolute Gasteiger partial charge is 0.338 e. The summed E-state index contributed by atoms with van der Waals surface area (Å²) < 4.78 is 38.1. The number of ether oxygens (including phenoxy) is 2. The summed E-state index contributed by atoms with van der Waals surface area (Å²) in [5, 5.41) is 14.0. The number of nitrogens with zero attached hydrogens (tertiary/aromatic N) is 2. The second-order valence-electron chi connectivity index (χ2n) is 7.76. The van der Waals surface area contributed by atoms with E-state index in [1.807, 2.05) is 0 Å². The van der Waals surface area contributed by atoms with Crippen LogP contribution in [0, 0.1) is 17.0 Å². The Morgan fingerprint density at radius 2 is 1.76 bits per heavy atom. The molecule has 12 heteroatoms. The summed E-state index contributed by atoms with van der Waals surface area (Å²) in [5.74, 6) is -0.809. The van der Waals surface area contributed by atoms with Gasteiger partial charge in [0.2, 0.25) is 5.91 Å². The highest BCUT2D eigenvalue weighted by Crippen LogP contribution is 2.29. The number of nitro groups is 1. The lowest BCUT2D eigenvalue weighted by atomic mass is 10.2. The average molecular weight is 528 g/mol. The number of carbonyl (C=O) groups excluding carboxylic acids is 2. The van der Waals surface area contributed by atoms with Crippen LogP contribution in [-0.2, 0) is 19.6 Å². The summed E-state index contributed by atoms with van der Waals surface area (Å²) in [6.07, 6.45) is 0. The minimum absolute atomic E-state index is 0.138. The van der Waals surface area contributed by atoms with Crippen molar-refractivity contribution in [2.24, 2.45) is 0 Å². The van der Waals surface area contributed by atoms with Gasteiger partial charge in [-0.1, -0.05) is 12.1 Å². The van der Waals surface area contributed by atoms with Crippen molar-refractivity contribution < 1.29 is 32.4 Å². The first-order valence-corrected chi connectivity index (χ1v) is 12.5. The molecule has 3 rings (SSSR count). The Morgan fingerprint density at radius 3 is 2.38 bits per heavy atom. The fraction of sp³-hybridized carbons (Fsp3) is 0.200. The second-order valence-corrected chi connectivity index (χ2v) is 9.63. The van der Waals surface area contributed by atoms with Gasteiger partial charge in [-0.3, -0.25) is 19.2 Å². The molecule has 0 saturated heterocycles. The zero-order chi connectivity index (χ0) is 27.2. The van der Waals surface area contributed by atoms with Crippen molar-refractivity contribution in [3.8, 4) is 5.75 Å². The Morgan fingerprint density at radius 1 is 1.05 bits per heavy atom. The standard InChI is InChI=1S/C25H25N3O8S/c1-4-36-25(30)18-6-5-7-19(14-18)26-24(29)16-27(20-9-11-21(35-3)12-10-20)37(33,34)22-13-8-17(2)23(15-22)28(31)32/h5-15H,4,16H2,1-3H3,(H,26,29). The van der Waals surface area contributed by atoms with Crippen LogP contribution in [0.4, 0.5) is 17.1 Å². The van der Waals surface area contributed by atoms with E-state index in [0.717, 1.165) is 10.4 Å². The van der Waals surface area contributed by atoms with E-state index >= 15 is 0 Å². The molecule has 0 unspecified atom stereocenters. The molecule has 0 aliphatic carbocycles. The quantitative estimate of drug-likeness (QED) is 0.237. The van der Waals surface area contributed by atoms with Crippen molar-refractivity contribution in [3.63, 3.8) is 0 Å². The number of rotatable bonds is 10. The number of sulfonamides is 1. The highest BCUT2D eigenvalue weighted by atomic mass is 32.2. The van der Waals surface area contributed by atoms with E-state index in [0.29, 0.717) is 11.3 Å². The molecule has 1 N–H and O–H groups in total. The third kappa shape index (κ3) is 6.41. The van der Waals surface area contributed by atoms with E-state index in [1.54, 1.807) is 13.0 Å². The summed E-state index contributed by atoms with van der Waals surface area (Å²) in [6.45, 7) is 2.69. The number of esters is 1. The molecule has 0 aliphatic heterocycles. The van der Waals surface area contributed by atoms with Crippen LogP contribution < -0.4 is 14.4 Å². The van der Waals surface area contributed by atoms with Gasteiger partial charge in [0.05, 0.1) is 34.8 Å². The van der Waals surface area contributed by atoms with Gasteiger partial charge in [0.15, 0.2) is 0 Å². The van der Waals surface area contributed by atoms with E-state index in [2.05, 4.69) is 5.32 Å². The van der Waals surface area contributed by atoms with Gasteiger partial charge in [-0.15, -0.1) is 0 Å². The minimum atomic E-state index is -4.41. The number of amides is 1. The molecule has 11 nitrogen and oxygen atoms in total. The fourth-order valence-electron chi connectivity index (χ4n) is 3.41. The van der Waals surface area contributed by atoms with Gasteiger partial charge < -0.3 is 14.8 Å². The first-order chi connectivity index (χ1) is 17.6. The number of carbonyl (C=O) groups is 2. The third-order valence-corrected chi connectivity index (χ3v) is 7.04. The van der Waals surface area contributed by atoms with Gasteiger partial charge in [0.25, 0.3) is 15.7 Å². The summed E-state index contributed by atoms with van der Waals surface area (Å²) in [7, 11) is -2.96. The number of benzene rings is 3. The number of hydrogen-bond donors (Lipinski definition) is 1. The van der Waals surface area contributed by atoms with Gasteiger partial charge in [0, 0.05) is 17.3 Å². The number of aryl methyl sites for hydroxylation is 1. The van der Waals surface area contributed by atoms with Crippen LogP contribution in [0.1, 0.15) is 22.8 Å². The maximum atomic E-state index is 13.6. The Labute approximate surface area is 213 Å². The van der Waals surface area contributed by atoms with E-state index in [1.165, 1.54) is 68.6 Å². The lowest BCUT2D eigenvalue weighted by molar-refractivity contribution is -0.385. The molecule has 0 heterocycles. The Hall–Kier alpha value is -4.45. The van der Waals surface area contributed by atoms with Crippen LogP contribution in [0.2, 0.25) is 0 Å². The van der Waals surface area contributed by atoms with Crippen molar-refractivity contribution in [2.45, 2.75) is 18.7 Å².